The van der Waals surface area contributed by atoms with Crippen molar-refractivity contribution >= 4 is 11.8 Å². The topological polar surface area (TPSA) is 0 Å². The normalized spacial score (nSPS) is 8.11. The largest absolute Gasteiger partial charge is 1.00 e. The van der Waals surface area contributed by atoms with E-state index in [2.05, 4.69) is 30.5 Å². The van der Waals surface area contributed by atoms with Crippen molar-refractivity contribution in [3.63, 3.8) is 0 Å². The SMILES string of the molecule is C[SH+]c1ccccc1.[F-]. The average molecular weight is 144 g/mol. The number of halogens is 1. The molecule has 0 spiro atoms. The number of thiol groups is 1. The first-order valence-electron chi connectivity index (χ1n) is 2.58. The van der Waals surface area contributed by atoms with E-state index in [1.807, 2.05) is 6.07 Å². The van der Waals surface area contributed by atoms with Gasteiger partial charge in [-0.15, -0.1) is 0 Å². The minimum Gasteiger partial charge on any atom is -1.00 e. The maximum Gasteiger partial charge on any atom is 0.152 e. The van der Waals surface area contributed by atoms with Crippen LogP contribution in [0.2, 0.25) is 0 Å². The van der Waals surface area contributed by atoms with Gasteiger partial charge in [-0.1, -0.05) is 18.2 Å². The molecule has 0 amide bonds. The van der Waals surface area contributed by atoms with E-state index in [1.165, 1.54) is 16.7 Å². The minimum absolute atomic E-state index is 0. The van der Waals surface area contributed by atoms with E-state index in [1.54, 1.807) is 0 Å². The van der Waals surface area contributed by atoms with Gasteiger partial charge in [0.1, 0.15) is 6.26 Å². The molecule has 1 aromatic rings. The van der Waals surface area contributed by atoms with Gasteiger partial charge in [-0.2, -0.15) is 0 Å². The summed E-state index contributed by atoms with van der Waals surface area (Å²) < 4.78 is 0. The van der Waals surface area contributed by atoms with Crippen LogP contribution in [0.5, 0.6) is 0 Å². The second-order valence-electron chi connectivity index (χ2n) is 1.56. The monoisotopic (exact) mass is 144 g/mol. The third-order valence-corrected chi connectivity index (χ3v) is 1.83. The molecule has 0 nitrogen and oxygen atoms in total. The van der Waals surface area contributed by atoms with E-state index >= 15 is 0 Å². The Balaban J connectivity index is 0.000000640. The quantitative estimate of drug-likeness (QED) is 0.332. The van der Waals surface area contributed by atoms with Crippen LogP contribution >= 0.6 is 0 Å². The molecule has 0 radical (unpaired) electrons. The van der Waals surface area contributed by atoms with Gasteiger partial charge in [0.05, 0.1) is 0 Å². The van der Waals surface area contributed by atoms with E-state index in [-0.39, 0.29) is 4.70 Å². The van der Waals surface area contributed by atoms with Gasteiger partial charge >= 0.3 is 0 Å². The fourth-order valence-electron chi connectivity index (χ4n) is 0.577. The fraction of sp³-hybridized carbons (Fsp3) is 0.143. The van der Waals surface area contributed by atoms with Crippen molar-refractivity contribution in [1.82, 2.24) is 0 Å². The van der Waals surface area contributed by atoms with Crippen molar-refractivity contribution in [3.05, 3.63) is 30.3 Å². The summed E-state index contributed by atoms with van der Waals surface area (Å²) in [4.78, 5) is 1.38. The maximum atomic E-state index is 2.13. The molecule has 2 heteroatoms. The molecule has 0 heterocycles. The molecule has 1 aromatic carbocycles. The summed E-state index contributed by atoms with van der Waals surface area (Å²) in [5.74, 6) is 0. The average Bonchev–Trinajstić information content (AvgIpc) is 1.90. The molecule has 0 aromatic heterocycles. The molecule has 0 atom stereocenters. The van der Waals surface area contributed by atoms with E-state index in [0.717, 1.165) is 0 Å². The Kier molecular flexibility index (Phi) is 4.14. The third kappa shape index (κ3) is 2.51. The van der Waals surface area contributed by atoms with Crippen LogP contribution in [-0.2, 0) is 11.8 Å². The Morgan fingerprint density at radius 3 is 2.00 bits per heavy atom. The Morgan fingerprint density at radius 2 is 1.67 bits per heavy atom. The number of hydrogen-bond donors (Lipinski definition) is 0. The van der Waals surface area contributed by atoms with Gasteiger partial charge in [-0.05, 0) is 12.1 Å². The van der Waals surface area contributed by atoms with Crippen LogP contribution < -0.4 is 4.70 Å². The molecule has 0 bridgehead atoms. The lowest BCUT2D eigenvalue weighted by molar-refractivity contribution is -0.00000162. The summed E-state index contributed by atoms with van der Waals surface area (Å²) in [6.07, 6.45) is 2.13. The van der Waals surface area contributed by atoms with Gasteiger partial charge in [-0.25, -0.2) is 0 Å². The lowest BCUT2D eigenvalue weighted by Crippen LogP contribution is -3.00. The van der Waals surface area contributed by atoms with E-state index in [4.69, 9.17) is 0 Å². The summed E-state index contributed by atoms with van der Waals surface area (Å²) in [7, 11) is 0. The first-order chi connectivity index (χ1) is 3.93. The highest BCUT2D eigenvalue weighted by molar-refractivity contribution is 7.77. The molecule has 0 aliphatic heterocycles. The summed E-state index contributed by atoms with van der Waals surface area (Å²) >= 11 is 1.35. The van der Waals surface area contributed by atoms with Crippen molar-refractivity contribution in [2.75, 3.05) is 6.26 Å². The number of rotatable bonds is 1. The highest BCUT2D eigenvalue weighted by Crippen LogP contribution is 1.97. The van der Waals surface area contributed by atoms with Crippen molar-refractivity contribution < 1.29 is 4.70 Å². The predicted octanol–water partition coefficient (Wildman–Crippen LogP) is -1.51. The summed E-state index contributed by atoms with van der Waals surface area (Å²) in [5, 5.41) is 0. The van der Waals surface area contributed by atoms with Crippen molar-refractivity contribution in [3.8, 4) is 0 Å². The molecule has 50 valence electrons. The van der Waals surface area contributed by atoms with Gasteiger partial charge < -0.3 is 4.70 Å². The molecule has 0 aliphatic carbocycles. The van der Waals surface area contributed by atoms with Crippen LogP contribution in [-0.4, -0.2) is 6.26 Å². The molecule has 0 N–H and O–H groups in total. The summed E-state index contributed by atoms with van der Waals surface area (Å²) in [6, 6.07) is 10.4. The van der Waals surface area contributed by atoms with Crippen molar-refractivity contribution in [2.24, 2.45) is 0 Å². The first-order valence-corrected chi connectivity index (χ1v) is 3.92. The Morgan fingerprint density at radius 1 is 1.11 bits per heavy atom. The predicted molar refractivity (Wildman–Crippen MR) is 39.4 cm³/mol. The zero-order valence-corrected chi connectivity index (χ0v) is 6.11. The maximum absolute atomic E-state index is 2.13. The molecule has 1 rings (SSSR count). The number of hydrogen-bond acceptors (Lipinski definition) is 0. The van der Waals surface area contributed by atoms with Gasteiger partial charge in [0.25, 0.3) is 0 Å². The molecule has 0 aliphatic rings. The lowest BCUT2D eigenvalue weighted by atomic mass is 10.4. The van der Waals surface area contributed by atoms with E-state index in [0.29, 0.717) is 0 Å². The smallest absolute Gasteiger partial charge is 0.152 e. The molecular weight excluding hydrogens is 135 g/mol. The standard InChI is InChI=1S/C7H8S.FH/c1-8-7-5-3-2-4-6-7;/h2-6H,1H3;1H. The first kappa shape index (κ1) is 8.50. The summed E-state index contributed by atoms with van der Waals surface area (Å²) in [5.41, 5.74) is 0. The van der Waals surface area contributed by atoms with Crippen LogP contribution in [0.3, 0.4) is 0 Å². The van der Waals surface area contributed by atoms with Crippen LogP contribution in [0.1, 0.15) is 0 Å². The Bertz CT molecular complexity index is 150. The lowest BCUT2D eigenvalue weighted by Gasteiger charge is -1.81. The van der Waals surface area contributed by atoms with Crippen LogP contribution in [0.25, 0.3) is 0 Å². The molecule has 9 heavy (non-hydrogen) atoms. The zero-order chi connectivity index (χ0) is 5.82. The Labute approximate surface area is 58.6 Å². The summed E-state index contributed by atoms with van der Waals surface area (Å²) in [6.45, 7) is 0. The van der Waals surface area contributed by atoms with Gasteiger partial charge in [0.2, 0.25) is 0 Å². The highest BCUT2D eigenvalue weighted by Gasteiger charge is 1.89. The van der Waals surface area contributed by atoms with Crippen LogP contribution in [0, 0.1) is 0 Å². The third-order valence-electron chi connectivity index (χ3n) is 1.01. The molecule has 0 fully saturated rings. The number of benzene rings is 1. The second kappa shape index (κ2) is 4.39. The zero-order valence-electron chi connectivity index (χ0n) is 5.21. The Hall–Kier alpha value is -0.500. The highest BCUT2D eigenvalue weighted by atomic mass is 32.2. The van der Waals surface area contributed by atoms with E-state index < -0.39 is 0 Å². The molecular formula is C7H9FS. The van der Waals surface area contributed by atoms with Crippen LogP contribution in [0.4, 0.5) is 0 Å². The second-order valence-corrected chi connectivity index (χ2v) is 2.52. The molecule has 0 saturated carbocycles. The fourth-order valence-corrected chi connectivity index (χ4v) is 1.05. The van der Waals surface area contributed by atoms with Crippen LogP contribution in [0.15, 0.2) is 35.2 Å². The van der Waals surface area contributed by atoms with Gasteiger partial charge in [-0.3, -0.25) is 0 Å². The van der Waals surface area contributed by atoms with Gasteiger partial charge in [0.15, 0.2) is 4.90 Å². The van der Waals surface area contributed by atoms with E-state index in [9.17, 15) is 0 Å². The molecule has 0 saturated heterocycles. The minimum atomic E-state index is 0. The van der Waals surface area contributed by atoms with Crippen molar-refractivity contribution in [1.29, 1.82) is 0 Å². The van der Waals surface area contributed by atoms with Crippen molar-refractivity contribution in [2.45, 2.75) is 4.90 Å². The molecule has 0 unspecified atom stereocenters. The van der Waals surface area contributed by atoms with Gasteiger partial charge in [0, 0.05) is 11.8 Å².